The minimum Gasteiger partial charge on any atom is -0.489 e. The van der Waals surface area contributed by atoms with E-state index in [1.165, 1.54) is 11.3 Å². The minimum absolute atomic E-state index is 0.161. The van der Waals surface area contributed by atoms with E-state index in [-0.39, 0.29) is 6.10 Å². The number of aryl methyl sites for hydroxylation is 1. The van der Waals surface area contributed by atoms with Crippen molar-refractivity contribution in [2.75, 3.05) is 29.9 Å². The molecule has 3 heteroatoms. The SMILES string of the molecule is CCC(CNc1ccc(N(CC)CC)cc1)Oc1cccc(C)c1. The van der Waals surface area contributed by atoms with Gasteiger partial charge >= 0.3 is 0 Å². The molecule has 1 atom stereocenters. The molecule has 0 fully saturated rings. The highest BCUT2D eigenvalue weighted by Gasteiger charge is 2.08. The lowest BCUT2D eigenvalue weighted by Crippen LogP contribution is -2.25. The van der Waals surface area contributed by atoms with Crippen molar-refractivity contribution in [1.29, 1.82) is 0 Å². The van der Waals surface area contributed by atoms with Crippen LogP contribution in [0.1, 0.15) is 32.8 Å². The Morgan fingerprint density at radius 1 is 1.00 bits per heavy atom. The highest BCUT2D eigenvalue weighted by atomic mass is 16.5. The minimum atomic E-state index is 0.161. The Labute approximate surface area is 146 Å². The second-order valence-electron chi connectivity index (χ2n) is 6.06. The highest BCUT2D eigenvalue weighted by molar-refractivity contribution is 5.55. The molecule has 1 unspecified atom stereocenters. The van der Waals surface area contributed by atoms with Crippen LogP contribution < -0.4 is 15.0 Å². The predicted molar refractivity (Wildman–Crippen MR) is 104 cm³/mol. The quantitative estimate of drug-likeness (QED) is 0.693. The van der Waals surface area contributed by atoms with Crippen molar-refractivity contribution in [2.24, 2.45) is 0 Å². The maximum Gasteiger partial charge on any atom is 0.120 e. The number of anilines is 2. The number of benzene rings is 2. The Hall–Kier alpha value is -2.16. The Balaban J connectivity index is 1.90. The predicted octanol–water partition coefficient (Wildman–Crippen LogP) is 5.11. The molecular formula is C21H30N2O. The van der Waals surface area contributed by atoms with Crippen LogP contribution in [0, 0.1) is 6.92 Å². The Bertz CT molecular complexity index is 605. The lowest BCUT2D eigenvalue weighted by molar-refractivity contribution is 0.210. The summed E-state index contributed by atoms with van der Waals surface area (Å²) in [6, 6.07) is 16.9. The van der Waals surface area contributed by atoms with E-state index >= 15 is 0 Å². The smallest absolute Gasteiger partial charge is 0.120 e. The number of hydrogen-bond acceptors (Lipinski definition) is 3. The van der Waals surface area contributed by atoms with E-state index in [1.54, 1.807) is 0 Å². The molecular weight excluding hydrogens is 296 g/mol. The summed E-state index contributed by atoms with van der Waals surface area (Å²) in [5, 5.41) is 3.49. The van der Waals surface area contributed by atoms with E-state index in [4.69, 9.17) is 4.74 Å². The summed E-state index contributed by atoms with van der Waals surface area (Å²) >= 11 is 0. The normalized spacial score (nSPS) is 11.8. The van der Waals surface area contributed by atoms with Crippen molar-refractivity contribution in [3.05, 3.63) is 54.1 Å². The molecule has 2 aromatic carbocycles. The van der Waals surface area contributed by atoms with Crippen molar-refractivity contribution in [3.8, 4) is 5.75 Å². The van der Waals surface area contributed by atoms with E-state index in [1.807, 2.05) is 12.1 Å². The molecule has 0 aliphatic heterocycles. The van der Waals surface area contributed by atoms with E-state index in [0.29, 0.717) is 0 Å². The van der Waals surface area contributed by atoms with Gasteiger partial charge in [-0.1, -0.05) is 19.1 Å². The first-order valence-corrected chi connectivity index (χ1v) is 8.98. The van der Waals surface area contributed by atoms with Crippen molar-refractivity contribution >= 4 is 11.4 Å². The van der Waals surface area contributed by atoms with Crippen LogP contribution in [0.2, 0.25) is 0 Å². The molecule has 3 nitrogen and oxygen atoms in total. The lowest BCUT2D eigenvalue weighted by atomic mass is 10.2. The molecule has 2 aromatic rings. The second kappa shape index (κ2) is 9.21. The molecule has 0 bridgehead atoms. The van der Waals surface area contributed by atoms with Crippen molar-refractivity contribution in [2.45, 2.75) is 40.2 Å². The molecule has 0 aliphatic rings. The topological polar surface area (TPSA) is 24.5 Å². The number of nitrogens with one attached hydrogen (secondary N) is 1. The Morgan fingerprint density at radius 2 is 1.71 bits per heavy atom. The van der Waals surface area contributed by atoms with E-state index in [0.717, 1.165) is 37.5 Å². The third-order valence-corrected chi connectivity index (χ3v) is 4.28. The largest absolute Gasteiger partial charge is 0.489 e. The Kier molecular flexibility index (Phi) is 6.98. The average molecular weight is 326 g/mol. The van der Waals surface area contributed by atoms with Gasteiger partial charge in [0.1, 0.15) is 11.9 Å². The molecule has 2 rings (SSSR count). The van der Waals surface area contributed by atoms with Crippen molar-refractivity contribution in [1.82, 2.24) is 0 Å². The molecule has 0 amide bonds. The van der Waals surface area contributed by atoms with Crippen molar-refractivity contribution in [3.63, 3.8) is 0 Å². The van der Waals surface area contributed by atoms with E-state index < -0.39 is 0 Å². The number of ether oxygens (including phenoxy) is 1. The summed E-state index contributed by atoms with van der Waals surface area (Å²) in [5.74, 6) is 0.945. The summed E-state index contributed by atoms with van der Waals surface area (Å²) in [6.45, 7) is 11.5. The van der Waals surface area contributed by atoms with Gasteiger partial charge in [-0.25, -0.2) is 0 Å². The summed E-state index contributed by atoms with van der Waals surface area (Å²) in [4.78, 5) is 2.35. The molecule has 0 aromatic heterocycles. The molecule has 0 radical (unpaired) electrons. The van der Waals surface area contributed by atoms with Crippen LogP contribution >= 0.6 is 0 Å². The van der Waals surface area contributed by atoms with Crippen LogP contribution in [0.3, 0.4) is 0 Å². The summed E-state index contributed by atoms with van der Waals surface area (Å²) in [5.41, 5.74) is 3.63. The molecule has 24 heavy (non-hydrogen) atoms. The second-order valence-corrected chi connectivity index (χ2v) is 6.06. The average Bonchev–Trinajstić information content (AvgIpc) is 2.61. The first-order valence-electron chi connectivity index (χ1n) is 8.98. The number of rotatable bonds is 9. The van der Waals surface area contributed by atoms with Crippen LogP contribution in [0.5, 0.6) is 5.75 Å². The van der Waals surface area contributed by atoms with Gasteiger partial charge in [-0.3, -0.25) is 0 Å². The lowest BCUT2D eigenvalue weighted by Gasteiger charge is -2.22. The molecule has 0 saturated heterocycles. The van der Waals surface area contributed by atoms with Gasteiger partial charge < -0.3 is 15.0 Å². The fourth-order valence-electron chi connectivity index (χ4n) is 2.76. The standard InChI is InChI=1S/C21H30N2O/c1-5-20(24-21-10-8-9-17(4)15-21)16-22-18-11-13-19(14-12-18)23(6-2)7-3/h8-15,20,22H,5-7,16H2,1-4H3. The Morgan fingerprint density at radius 3 is 2.29 bits per heavy atom. The zero-order chi connectivity index (χ0) is 17.4. The summed E-state index contributed by atoms with van der Waals surface area (Å²) in [6.07, 6.45) is 1.13. The maximum absolute atomic E-state index is 6.09. The van der Waals surface area contributed by atoms with Gasteiger partial charge in [0.2, 0.25) is 0 Å². The molecule has 0 spiro atoms. The zero-order valence-corrected chi connectivity index (χ0v) is 15.4. The number of nitrogens with zero attached hydrogens (tertiary/aromatic N) is 1. The zero-order valence-electron chi connectivity index (χ0n) is 15.4. The molecule has 0 saturated carbocycles. The summed E-state index contributed by atoms with van der Waals surface area (Å²) < 4.78 is 6.09. The van der Waals surface area contributed by atoms with Crippen LogP contribution in [0.4, 0.5) is 11.4 Å². The number of hydrogen-bond donors (Lipinski definition) is 1. The van der Waals surface area contributed by atoms with Crippen LogP contribution in [0.15, 0.2) is 48.5 Å². The molecule has 0 heterocycles. The van der Waals surface area contributed by atoms with Crippen LogP contribution in [-0.4, -0.2) is 25.7 Å². The molecule has 0 aliphatic carbocycles. The van der Waals surface area contributed by atoms with Gasteiger partial charge in [0.15, 0.2) is 0 Å². The first-order chi connectivity index (χ1) is 11.7. The van der Waals surface area contributed by atoms with Gasteiger partial charge in [-0.15, -0.1) is 0 Å². The third kappa shape index (κ3) is 5.19. The third-order valence-electron chi connectivity index (χ3n) is 4.28. The van der Waals surface area contributed by atoms with Gasteiger partial charge in [0.05, 0.1) is 6.54 Å². The molecule has 1 N–H and O–H groups in total. The van der Waals surface area contributed by atoms with Gasteiger partial charge in [0.25, 0.3) is 0 Å². The van der Waals surface area contributed by atoms with Crippen molar-refractivity contribution < 1.29 is 4.74 Å². The molecule has 130 valence electrons. The highest BCUT2D eigenvalue weighted by Crippen LogP contribution is 2.19. The van der Waals surface area contributed by atoms with Gasteiger partial charge in [-0.2, -0.15) is 0 Å². The monoisotopic (exact) mass is 326 g/mol. The first kappa shape index (κ1) is 18.2. The maximum atomic E-state index is 6.09. The fourth-order valence-corrected chi connectivity index (χ4v) is 2.76. The van der Waals surface area contributed by atoms with E-state index in [9.17, 15) is 0 Å². The summed E-state index contributed by atoms with van der Waals surface area (Å²) in [7, 11) is 0. The van der Waals surface area contributed by atoms with Gasteiger partial charge in [-0.05, 0) is 69.2 Å². The van der Waals surface area contributed by atoms with Crippen LogP contribution in [-0.2, 0) is 0 Å². The fraction of sp³-hybridized carbons (Fsp3) is 0.429. The van der Waals surface area contributed by atoms with E-state index in [2.05, 4.69) is 74.3 Å². The van der Waals surface area contributed by atoms with Crippen LogP contribution in [0.25, 0.3) is 0 Å². The van der Waals surface area contributed by atoms with Gasteiger partial charge in [0, 0.05) is 24.5 Å².